The van der Waals surface area contributed by atoms with Crippen LogP contribution in [0, 0.1) is 0 Å². The van der Waals surface area contributed by atoms with Gasteiger partial charge in [-0.25, -0.2) is 9.78 Å². The van der Waals surface area contributed by atoms with Crippen LogP contribution in [0.5, 0.6) is 0 Å². The van der Waals surface area contributed by atoms with E-state index in [4.69, 9.17) is 10.5 Å². The second-order valence-corrected chi connectivity index (χ2v) is 7.95. The second-order valence-electron chi connectivity index (χ2n) is 6.84. The van der Waals surface area contributed by atoms with Gasteiger partial charge >= 0.3 is 5.97 Å². The molecular formula is C22H19N3O4S. The molecule has 0 saturated carbocycles. The lowest BCUT2D eigenvalue weighted by atomic mass is 10.1. The molecule has 0 unspecified atom stereocenters. The molecule has 0 fully saturated rings. The zero-order valence-electron chi connectivity index (χ0n) is 16.0. The largest absolute Gasteiger partial charge is 0.452 e. The summed E-state index contributed by atoms with van der Waals surface area (Å²) in [5.74, 6) is -1.75. The standard InChI is InChI=1S/C22H19N3O4S/c23-21(28)20-15-5-3-7-17(15)30-22(20)25-18(26)12-29-19(27)11-10-14-9-8-13-4-1-2-6-16(13)24-14/h1-2,4,6,8-11H,3,5,7,12H2,(H2,23,28)(H,25,26)/b11-10+. The van der Waals surface area contributed by atoms with Crippen molar-refractivity contribution in [1.82, 2.24) is 4.98 Å². The molecule has 152 valence electrons. The van der Waals surface area contributed by atoms with E-state index >= 15 is 0 Å². The number of carbonyl (C=O) groups is 3. The number of hydrogen-bond acceptors (Lipinski definition) is 6. The van der Waals surface area contributed by atoms with E-state index in [1.54, 1.807) is 6.07 Å². The summed E-state index contributed by atoms with van der Waals surface area (Å²) in [4.78, 5) is 41.4. The van der Waals surface area contributed by atoms with Crippen molar-refractivity contribution in [2.45, 2.75) is 19.3 Å². The van der Waals surface area contributed by atoms with Crippen molar-refractivity contribution in [3.8, 4) is 0 Å². The van der Waals surface area contributed by atoms with E-state index in [-0.39, 0.29) is 0 Å². The van der Waals surface area contributed by atoms with Gasteiger partial charge in [0.25, 0.3) is 11.8 Å². The van der Waals surface area contributed by atoms with Gasteiger partial charge in [-0.15, -0.1) is 11.3 Å². The van der Waals surface area contributed by atoms with E-state index in [0.717, 1.165) is 40.6 Å². The maximum atomic E-state index is 12.2. The van der Waals surface area contributed by atoms with Crippen LogP contribution in [0.25, 0.3) is 17.0 Å². The number of pyridine rings is 1. The van der Waals surface area contributed by atoms with Gasteiger partial charge < -0.3 is 15.8 Å². The van der Waals surface area contributed by atoms with Crippen LogP contribution in [-0.2, 0) is 27.2 Å². The molecule has 0 spiro atoms. The van der Waals surface area contributed by atoms with E-state index in [0.29, 0.717) is 16.3 Å². The molecular weight excluding hydrogens is 402 g/mol. The summed E-state index contributed by atoms with van der Waals surface area (Å²) in [6.45, 7) is -0.463. The minimum Gasteiger partial charge on any atom is -0.452 e. The number of anilines is 1. The molecule has 1 aliphatic carbocycles. The van der Waals surface area contributed by atoms with Gasteiger partial charge in [0, 0.05) is 16.3 Å². The molecule has 1 aliphatic rings. The zero-order chi connectivity index (χ0) is 21.1. The van der Waals surface area contributed by atoms with Gasteiger partial charge in [0.2, 0.25) is 0 Å². The number of nitrogens with zero attached hydrogens (tertiary/aromatic N) is 1. The van der Waals surface area contributed by atoms with E-state index < -0.39 is 24.4 Å². The monoisotopic (exact) mass is 421 g/mol. The second kappa shape index (κ2) is 8.46. The van der Waals surface area contributed by atoms with Crippen molar-refractivity contribution < 1.29 is 19.1 Å². The fourth-order valence-corrected chi connectivity index (χ4v) is 4.74. The smallest absolute Gasteiger partial charge is 0.331 e. The number of thiophene rings is 1. The molecule has 2 amide bonds. The Kier molecular flexibility index (Phi) is 5.58. The third-order valence-corrected chi connectivity index (χ3v) is 5.98. The number of benzene rings is 1. The molecule has 3 aromatic rings. The predicted molar refractivity (Wildman–Crippen MR) is 115 cm³/mol. The number of ether oxygens (including phenoxy) is 1. The number of rotatable bonds is 6. The predicted octanol–water partition coefficient (Wildman–Crippen LogP) is 3.08. The van der Waals surface area contributed by atoms with Crippen LogP contribution < -0.4 is 11.1 Å². The Morgan fingerprint density at radius 2 is 2.00 bits per heavy atom. The number of aromatic nitrogens is 1. The maximum absolute atomic E-state index is 12.2. The van der Waals surface area contributed by atoms with Crippen molar-refractivity contribution in [2.75, 3.05) is 11.9 Å². The molecule has 0 bridgehead atoms. The number of esters is 1. The van der Waals surface area contributed by atoms with E-state index in [9.17, 15) is 14.4 Å². The number of hydrogen-bond donors (Lipinski definition) is 2. The van der Waals surface area contributed by atoms with Crippen LogP contribution in [0.4, 0.5) is 5.00 Å². The minimum absolute atomic E-state index is 0.370. The molecule has 8 heteroatoms. The first-order valence-electron chi connectivity index (χ1n) is 9.46. The molecule has 4 rings (SSSR count). The Labute approximate surface area is 176 Å². The van der Waals surface area contributed by atoms with Gasteiger partial charge in [-0.2, -0.15) is 0 Å². The van der Waals surface area contributed by atoms with Gasteiger partial charge in [0.1, 0.15) is 5.00 Å². The van der Waals surface area contributed by atoms with E-state index in [1.807, 2.05) is 30.3 Å². The fourth-order valence-electron chi connectivity index (χ4n) is 3.43. The lowest BCUT2D eigenvalue weighted by molar-refractivity contribution is -0.142. The van der Waals surface area contributed by atoms with Crippen molar-refractivity contribution in [1.29, 1.82) is 0 Å². The molecule has 0 aliphatic heterocycles. The molecule has 2 heterocycles. The Morgan fingerprint density at radius 1 is 1.17 bits per heavy atom. The minimum atomic E-state index is -0.663. The number of nitrogens with one attached hydrogen (secondary N) is 1. The summed E-state index contributed by atoms with van der Waals surface area (Å²) in [6, 6.07) is 11.4. The van der Waals surface area contributed by atoms with Crippen LogP contribution in [0.3, 0.4) is 0 Å². The summed E-state index contributed by atoms with van der Waals surface area (Å²) in [6.07, 6.45) is 5.38. The van der Waals surface area contributed by atoms with Crippen LogP contribution in [0.2, 0.25) is 0 Å². The zero-order valence-corrected chi connectivity index (χ0v) is 16.8. The number of para-hydroxylation sites is 1. The third-order valence-electron chi connectivity index (χ3n) is 4.78. The molecule has 30 heavy (non-hydrogen) atoms. The number of fused-ring (bicyclic) bond motifs is 2. The highest BCUT2D eigenvalue weighted by molar-refractivity contribution is 7.17. The summed E-state index contributed by atoms with van der Waals surface area (Å²) in [7, 11) is 0. The topological polar surface area (TPSA) is 111 Å². The molecule has 3 N–H and O–H groups in total. The van der Waals surface area contributed by atoms with Gasteiger partial charge in [-0.3, -0.25) is 9.59 Å². The average molecular weight is 421 g/mol. The van der Waals surface area contributed by atoms with Crippen LogP contribution in [0.1, 0.15) is 32.9 Å². The number of amides is 2. The van der Waals surface area contributed by atoms with E-state index in [1.165, 1.54) is 23.5 Å². The highest BCUT2D eigenvalue weighted by atomic mass is 32.1. The van der Waals surface area contributed by atoms with E-state index in [2.05, 4.69) is 10.3 Å². The molecule has 0 radical (unpaired) electrons. The van der Waals surface area contributed by atoms with Crippen LogP contribution in [-0.4, -0.2) is 29.4 Å². The first-order valence-corrected chi connectivity index (χ1v) is 10.3. The summed E-state index contributed by atoms with van der Waals surface area (Å²) < 4.78 is 4.99. The first kappa shape index (κ1) is 19.8. The average Bonchev–Trinajstić information content (AvgIpc) is 3.31. The highest BCUT2D eigenvalue weighted by Gasteiger charge is 2.26. The lowest BCUT2D eigenvalue weighted by Gasteiger charge is -2.06. The third kappa shape index (κ3) is 4.23. The summed E-state index contributed by atoms with van der Waals surface area (Å²) in [5.41, 5.74) is 8.19. The van der Waals surface area contributed by atoms with Crippen molar-refractivity contribution in [3.05, 3.63) is 64.2 Å². The highest BCUT2D eigenvalue weighted by Crippen LogP contribution is 2.38. The maximum Gasteiger partial charge on any atom is 0.331 e. The Balaban J connectivity index is 1.34. The lowest BCUT2D eigenvalue weighted by Crippen LogP contribution is -2.22. The van der Waals surface area contributed by atoms with Gasteiger partial charge in [0.05, 0.1) is 16.8 Å². The molecule has 0 saturated heterocycles. The number of primary amides is 1. The van der Waals surface area contributed by atoms with Gasteiger partial charge in [0.15, 0.2) is 6.61 Å². The normalized spacial score (nSPS) is 12.8. The Hall–Kier alpha value is -3.52. The van der Waals surface area contributed by atoms with Crippen LogP contribution >= 0.6 is 11.3 Å². The Bertz CT molecular complexity index is 1180. The van der Waals surface area contributed by atoms with Crippen molar-refractivity contribution in [3.63, 3.8) is 0 Å². The van der Waals surface area contributed by atoms with Gasteiger partial charge in [-0.05, 0) is 43.0 Å². The quantitative estimate of drug-likeness (QED) is 0.469. The SMILES string of the molecule is NC(=O)c1c(NC(=O)COC(=O)/C=C/c2ccc3ccccc3n2)sc2c1CCC2. The molecule has 1 aromatic carbocycles. The number of carbonyl (C=O) groups excluding carboxylic acids is 3. The van der Waals surface area contributed by atoms with Crippen molar-refractivity contribution >= 4 is 51.1 Å². The Morgan fingerprint density at radius 3 is 2.83 bits per heavy atom. The van der Waals surface area contributed by atoms with Crippen LogP contribution in [0.15, 0.2) is 42.5 Å². The summed E-state index contributed by atoms with van der Waals surface area (Å²) in [5, 5.41) is 4.06. The van der Waals surface area contributed by atoms with Gasteiger partial charge in [-0.1, -0.05) is 24.3 Å². The summed E-state index contributed by atoms with van der Waals surface area (Å²) >= 11 is 1.35. The molecule has 2 aromatic heterocycles. The number of aryl methyl sites for hydroxylation is 1. The van der Waals surface area contributed by atoms with Crippen molar-refractivity contribution in [2.24, 2.45) is 5.73 Å². The molecule has 0 atom stereocenters. The first-order chi connectivity index (χ1) is 14.5. The molecule has 7 nitrogen and oxygen atoms in total. The number of nitrogens with two attached hydrogens (primary N) is 1. The fraction of sp³-hybridized carbons (Fsp3) is 0.182.